The van der Waals surface area contributed by atoms with E-state index in [1.165, 1.54) is 0 Å². The fourth-order valence-electron chi connectivity index (χ4n) is 4.10. The van der Waals surface area contributed by atoms with Gasteiger partial charge in [-0.1, -0.05) is 54.8 Å². The first-order valence-corrected chi connectivity index (χ1v) is 10.3. The normalized spacial score (nSPS) is 19.8. The highest BCUT2D eigenvalue weighted by atomic mass is 35.5. The number of benzene rings is 1. The van der Waals surface area contributed by atoms with E-state index in [0.717, 1.165) is 29.4 Å². The van der Waals surface area contributed by atoms with Crippen molar-refractivity contribution in [1.29, 1.82) is 0 Å². The summed E-state index contributed by atoms with van der Waals surface area (Å²) in [5.41, 5.74) is 7.95. The monoisotopic (exact) mass is 439 g/mol. The molecule has 0 unspecified atom stereocenters. The van der Waals surface area contributed by atoms with Crippen LogP contribution in [0.25, 0.3) is 11.0 Å². The maximum absolute atomic E-state index is 14.2. The summed E-state index contributed by atoms with van der Waals surface area (Å²) >= 11 is 12.7. The summed E-state index contributed by atoms with van der Waals surface area (Å²) in [4.78, 5) is 8.34. The maximum Gasteiger partial charge on any atom is 0.319 e. The van der Waals surface area contributed by atoms with Gasteiger partial charge in [0.2, 0.25) is 5.28 Å². The zero-order valence-electron chi connectivity index (χ0n) is 15.6. The molecule has 1 saturated carbocycles. The van der Waals surface area contributed by atoms with Crippen molar-refractivity contribution in [2.24, 2.45) is 5.73 Å². The van der Waals surface area contributed by atoms with E-state index in [4.69, 9.17) is 28.9 Å². The van der Waals surface area contributed by atoms with E-state index in [1.807, 2.05) is 30.3 Å². The summed E-state index contributed by atoms with van der Waals surface area (Å²) < 4.78 is 29.4. The van der Waals surface area contributed by atoms with Gasteiger partial charge < -0.3 is 11.1 Å². The lowest BCUT2D eigenvalue weighted by atomic mass is 9.83. The SMILES string of the molecule is N[C@@H]1CCCC[C@H]1c1c(Cl)c2nc(Cl)nc(NCc3ccccc3)c2n1C(F)F. The molecule has 0 spiro atoms. The molecule has 0 saturated heterocycles. The quantitative estimate of drug-likeness (QED) is 0.498. The van der Waals surface area contributed by atoms with Gasteiger partial charge in [-0.05, 0) is 30.0 Å². The van der Waals surface area contributed by atoms with E-state index in [9.17, 15) is 8.78 Å². The number of fused-ring (bicyclic) bond motifs is 1. The topological polar surface area (TPSA) is 68.8 Å². The van der Waals surface area contributed by atoms with E-state index in [2.05, 4.69) is 15.3 Å². The fraction of sp³-hybridized carbons (Fsp3) is 0.400. The number of hydrogen-bond donors (Lipinski definition) is 2. The van der Waals surface area contributed by atoms with Crippen molar-refractivity contribution in [2.45, 2.75) is 50.7 Å². The minimum absolute atomic E-state index is 0.0547. The standard InChI is InChI=1S/C20H21Cl2F2N5/c21-14-15-17(29(20(23)24)16(14)12-8-4-5-9-13(12)25)18(28-19(22)27-15)26-10-11-6-2-1-3-7-11/h1-3,6-7,12-13,20H,4-5,8-10,25H2,(H,26,27,28)/t12-,13-/m1/s1. The van der Waals surface area contributed by atoms with Crippen LogP contribution in [0, 0.1) is 0 Å². The van der Waals surface area contributed by atoms with E-state index < -0.39 is 6.55 Å². The molecule has 2 atom stereocenters. The molecule has 0 radical (unpaired) electrons. The zero-order valence-corrected chi connectivity index (χ0v) is 17.1. The molecule has 4 rings (SSSR count). The summed E-state index contributed by atoms with van der Waals surface area (Å²) in [7, 11) is 0. The second-order valence-electron chi connectivity index (χ2n) is 7.28. The Hall–Kier alpha value is -1.96. The van der Waals surface area contributed by atoms with Crippen LogP contribution in [0.4, 0.5) is 14.6 Å². The first-order chi connectivity index (χ1) is 14.0. The average molecular weight is 440 g/mol. The van der Waals surface area contributed by atoms with Crippen LogP contribution < -0.4 is 11.1 Å². The molecule has 5 nitrogen and oxygen atoms in total. The van der Waals surface area contributed by atoms with Crippen molar-refractivity contribution >= 4 is 40.1 Å². The largest absolute Gasteiger partial charge is 0.364 e. The van der Waals surface area contributed by atoms with Gasteiger partial charge in [0.25, 0.3) is 0 Å². The molecule has 3 N–H and O–H groups in total. The number of nitrogens with two attached hydrogens (primary N) is 1. The maximum atomic E-state index is 14.2. The summed E-state index contributed by atoms with van der Waals surface area (Å²) in [6.45, 7) is -2.41. The number of nitrogens with one attached hydrogen (secondary N) is 1. The highest BCUT2D eigenvalue weighted by molar-refractivity contribution is 6.37. The second-order valence-corrected chi connectivity index (χ2v) is 8.00. The van der Waals surface area contributed by atoms with Crippen molar-refractivity contribution in [3.63, 3.8) is 0 Å². The van der Waals surface area contributed by atoms with Gasteiger partial charge in [-0.2, -0.15) is 13.8 Å². The Bertz CT molecular complexity index is 1010. The Morgan fingerprint density at radius 1 is 1.14 bits per heavy atom. The average Bonchev–Trinajstić information content (AvgIpc) is 3.00. The molecule has 1 aliphatic carbocycles. The Balaban J connectivity index is 1.85. The van der Waals surface area contributed by atoms with Gasteiger partial charge in [0.1, 0.15) is 11.0 Å². The summed E-state index contributed by atoms with van der Waals surface area (Å²) in [5, 5.41) is 3.24. The molecule has 1 aromatic carbocycles. The summed E-state index contributed by atoms with van der Waals surface area (Å²) in [6, 6.07) is 9.34. The van der Waals surface area contributed by atoms with E-state index in [1.54, 1.807) is 0 Å². The second kappa shape index (κ2) is 8.42. The first-order valence-electron chi connectivity index (χ1n) is 9.55. The third-order valence-corrected chi connectivity index (χ3v) is 6.00. The molecule has 2 heterocycles. The third-order valence-electron chi connectivity index (χ3n) is 5.46. The number of anilines is 1. The van der Waals surface area contributed by atoms with Crippen molar-refractivity contribution in [1.82, 2.24) is 14.5 Å². The van der Waals surface area contributed by atoms with Gasteiger partial charge in [-0.15, -0.1) is 0 Å². The smallest absolute Gasteiger partial charge is 0.319 e. The van der Waals surface area contributed by atoms with Crippen molar-refractivity contribution in [2.75, 3.05) is 5.32 Å². The Morgan fingerprint density at radius 2 is 1.86 bits per heavy atom. The molecular weight excluding hydrogens is 419 g/mol. The van der Waals surface area contributed by atoms with Crippen LogP contribution in [0.5, 0.6) is 0 Å². The molecule has 0 amide bonds. The van der Waals surface area contributed by atoms with Crippen LogP contribution in [0.2, 0.25) is 10.3 Å². The van der Waals surface area contributed by atoms with Crippen molar-refractivity contribution in [3.8, 4) is 0 Å². The van der Waals surface area contributed by atoms with Crippen LogP contribution >= 0.6 is 23.2 Å². The van der Waals surface area contributed by atoms with Crippen LogP contribution in [0.15, 0.2) is 30.3 Å². The Morgan fingerprint density at radius 3 is 2.55 bits per heavy atom. The molecule has 3 aromatic rings. The third kappa shape index (κ3) is 3.91. The predicted octanol–water partition coefficient (Wildman–Crippen LogP) is 5.73. The lowest BCUT2D eigenvalue weighted by molar-refractivity contribution is 0.0700. The predicted molar refractivity (Wildman–Crippen MR) is 112 cm³/mol. The molecule has 1 fully saturated rings. The molecule has 0 bridgehead atoms. The lowest BCUT2D eigenvalue weighted by Crippen LogP contribution is -2.33. The number of halogens is 4. The van der Waals surface area contributed by atoms with Gasteiger partial charge in [-0.25, -0.2) is 4.98 Å². The summed E-state index contributed by atoms with van der Waals surface area (Å²) in [5.74, 6) is -0.0399. The van der Waals surface area contributed by atoms with Gasteiger partial charge in [-0.3, -0.25) is 4.57 Å². The molecular formula is C20H21Cl2F2N5. The van der Waals surface area contributed by atoms with Gasteiger partial charge >= 0.3 is 6.55 Å². The molecule has 1 aliphatic rings. The first kappa shape index (κ1) is 20.3. The molecule has 29 heavy (non-hydrogen) atoms. The number of nitrogens with zero attached hydrogens (tertiary/aromatic N) is 3. The number of rotatable bonds is 5. The van der Waals surface area contributed by atoms with Crippen LogP contribution in [0.3, 0.4) is 0 Å². The van der Waals surface area contributed by atoms with Crippen LogP contribution in [-0.4, -0.2) is 20.6 Å². The lowest BCUT2D eigenvalue weighted by Gasteiger charge is -2.30. The van der Waals surface area contributed by atoms with E-state index >= 15 is 0 Å². The molecule has 2 aromatic heterocycles. The van der Waals surface area contributed by atoms with Crippen molar-refractivity contribution in [3.05, 3.63) is 51.9 Å². The fourth-order valence-corrected chi connectivity index (χ4v) is 4.64. The molecule has 0 aliphatic heterocycles. The minimum atomic E-state index is -2.81. The molecule has 9 heteroatoms. The van der Waals surface area contributed by atoms with Gasteiger partial charge in [0.05, 0.1) is 5.02 Å². The van der Waals surface area contributed by atoms with Crippen LogP contribution in [-0.2, 0) is 6.54 Å². The van der Waals surface area contributed by atoms with Gasteiger partial charge in [0.15, 0.2) is 5.82 Å². The number of alkyl halides is 2. The van der Waals surface area contributed by atoms with Crippen molar-refractivity contribution < 1.29 is 8.78 Å². The number of hydrogen-bond acceptors (Lipinski definition) is 4. The molecule has 154 valence electrons. The number of aromatic nitrogens is 3. The Kier molecular flexibility index (Phi) is 5.90. The minimum Gasteiger partial charge on any atom is -0.364 e. The highest BCUT2D eigenvalue weighted by Crippen LogP contribution is 2.44. The van der Waals surface area contributed by atoms with Gasteiger partial charge in [0, 0.05) is 24.2 Å². The summed E-state index contributed by atoms with van der Waals surface area (Å²) in [6.07, 6.45) is 3.39. The van der Waals surface area contributed by atoms with E-state index in [-0.39, 0.29) is 39.1 Å². The zero-order chi connectivity index (χ0) is 20.5. The van der Waals surface area contributed by atoms with Crippen LogP contribution in [0.1, 0.15) is 49.4 Å². The van der Waals surface area contributed by atoms with E-state index in [0.29, 0.717) is 18.7 Å². The Labute approximate surface area is 177 Å². The highest BCUT2D eigenvalue weighted by Gasteiger charge is 2.34.